The van der Waals surface area contributed by atoms with E-state index in [2.05, 4.69) is 45.1 Å². The molecule has 1 heterocycles. The lowest BCUT2D eigenvalue weighted by Crippen LogP contribution is -2.15. The monoisotopic (exact) mass is 247 g/mol. The number of benzene rings is 1. The second-order valence-corrected chi connectivity index (χ2v) is 6.36. The number of ether oxygens (including phenoxy) is 1. The first kappa shape index (κ1) is 13.4. The molecule has 1 unspecified atom stereocenters. The fourth-order valence-electron chi connectivity index (χ4n) is 2.80. The highest BCUT2D eigenvalue weighted by atomic mass is 16.5. The highest BCUT2D eigenvalue weighted by molar-refractivity contribution is 5.48. The third-order valence-electron chi connectivity index (χ3n) is 3.84. The number of hydrogen-bond acceptors (Lipinski definition) is 2. The summed E-state index contributed by atoms with van der Waals surface area (Å²) in [4.78, 5) is 0. The van der Waals surface area contributed by atoms with Crippen molar-refractivity contribution in [3.63, 3.8) is 0 Å². The molecule has 0 spiro atoms. The quantitative estimate of drug-likeness (QED) is 0.865. The molecular weight excluding hydrogens is 222 g/mol. The summed E-state index contributed by atoms with van der Waals surface area (Å²) in [6, 6.07) is 4.65. The second-order valence-electron chi connectivity index (χ2n) is 6.36. The maximum Gasteiger partial charge on any atom is 0.125 e. The van der Waals surface area contributed by atoms with Crippen molar-refractivity contribution < 1.29 is 4.74 Å². The number of rotatable bonds is 2. The van der Waals surface area contributed by atoms with Gasteiger partial charge in [0, 0.05) is 12.1 Å². The standard InChI is InChI=1S/C16H25NO/c1-11-8-13(12-6-7-17-10-12)9-14(15(11)18-5)16(2,3)4/h8-9,12,17H,6-7,10H2,1-5H3. The Morgan fingerprint density at radius 2 is 2.00 bits per heavy atom. The molecule has 0 bridgehead atoms. The molecule has 1 saturated heterocycles. The van der Waals surface area contributed by atoms with Crippen molar-refractivity contribution in [3.05, 3.63) is 28.8 Å². The van der Waals surface area contributed by atoms with Crippen LogP contribution in [0.3, 0.4) is 0 Å². The Kier molecular flexibility index (Phi) is 3.67. The second kappa shape index (κ2) is 4.93. The molecule has 1 aromatic carbocycles. The van der Waals surface area contributed by atoms with Crippen LogP contribution in [-0.2, 0) is 5.41 Å². The Morgan fingerprint density at radius 3 is 2.50 bits per heavy atom. The number of nitrogens with one attached hydrogen (secondary N) is 1. The molecule has 1 N–H and O–H groups in total. The van der Waals surface area contributed by atoms with Gasteiger partial charge in [-0.15, -0.1) is 0 Å². The van der Waals surface area contributed by atoms with Crippen molar-refractivity contribution in [2.45, 2.75) is 45.4 Å². The Bertz CT molecular complexity index is 425. The van der Waals surface area contributed by atoms with Crippen molar-refractivity contribution in [1.82, 2.24) is 5.32 Å². The van der Waals surface area contributed by atoms with E-state index in [1.165, 1.54) is 23.1 Å². The van der Waals surface area contributed by atoms with Crippen molar-refractivity contribution in [2.75, 3.05) is 20.2 Å². The van der Waals surface area contributed by atoms with E-state index in [0.29, 0.717) is 5.92 Å². The normalized spacial score (nSPS) is 20.2. The molecule has 0 saturated carbocycles. The average molecular weight is 247 g/mol. The molecule has 2 nitrogen and oxygen atoms in total. The molecule has 1 aliphatic heterocycles. The van der Waals surface area contributed by atoms with Crippen molar-refractivity contribution in [3.8, 4) is 5.75 Å². The Hall–Kier alpha value is -1.02. The van der Waals surface area contributed by atoms with Crippen LogP contribution < -0.4 is 10.1 Å². The van der Waals surface area contributed by atoms with Crippen molar-refractivity contribution >= 4 is 0 Å². The molecule has 1 atom stereocenters. The van der Waals surface area contributed by atoms with Gasteiger partial charge in [0.25, 0.3) is 0 Å². The fraction of sp³-hybridized carbons (Fsp3) is 0.625. The number of hydrogen-bond donors (Lipinski definition) is 1. The maximum absolute atomic E-state index is 5.60. The zero-order chi connectivity index (χ0) is 13.3. The van der Waals surface area contributed by atoms with E-state index < -0.39 is 0 Å². The van der Waals surface area contributed by atoms with Gasteiger partial charge < -0.3 is 10.1 Å². The van der Waals surface area contributed by atoms with Gasteiger partial charge in [0.15, 0.2) is 0 Å². The largest absolute Gasteiger partial charge is 0.496 e. The van der Waals surface area contributed by atoms with Crippen LogP contribution in [0.1, 0.15) is 49.8 Å². The third kappa shape index (κ3) is 2.54. The summed E-state index contributed by atoms with van der Waals surface area (Å²) >= 11 is 0. The topological polar surface area (TPSA) is 21.3 Å². The molecule has 1 aliphatic rings. The van der Waals surface area contributed by atoms with E-state index in [1.54, 1.807) is 7.11 Å². The van der Waals surface area contributed by atoms with Crippen LogP contribution in [-0.4, -0.2) is 20.2 Å². The molecule has 0 aliphatic carbocycles. The molecule has 1 aromatic rings. The third-order valence-corrected chi connectivity index (χ3v) is 3.84. The van der Waals surface area contributed by atoms with Gasteiger partial charge in [0.1, 0.15) is 5.75 Å². The molecule has 2 heteroatoms. The van der Waals surface area contributed by atoms with Gasteiger partial charge in [-0.05, 0) is 42.3 Å². The minimum Gasteiger partial charge on any atom is -0.496 e. The predicted molar refractivity (Wildman–Crippen MR) is 76.7 cm³/mol. The minimum absolute atomic E-state index is 0.123. The summed E-state index contributed by atoms with van der Waals surface area (Å²) in [6.45, 7) is 11.2. The van der Waals surface area contributed by atoms with Gasteiger partial charge >= 0.3 is 0 Å². The zero-order valence-electron chi connectivity index (χ0n) is 12.3. The molecule has 0 aromatic heterocycles. The number of aryl methyl sites for hydroxylation is 1. The van der Waals surface area contributed by atoms with Gasteiger partial charge in [-0.3, -0.25) is 0 Å². The smallest absolute Gasteiger partial charge is 0.125 e. The van der Waals surface area contributed by atoms with Gasteiger partial charge in [-0.1, -0.05) is 32.9 Å². The van der Waals surface area contributed by atoms with Crippen LogP contribution in [0, 0.1) is 6.92 Å². The molecule has 0 radical (unpaired) electrons. The van der Waals surface area contributed by atoms with Gasteiger partial charge in [0.2, 0.25) is 0 Å². The molecule has 100 valence electrons. The SMILES string of the molecule is COc1c(C)cc(C2CCNC2)cc1C(C)(C)C. The summed E-state index contributed by atoms with van der Waals surface area (Å²) < 4.78 is 5.60. The van der Waals surface area contributed by atoms with Crippen LogP contribution in [0.4, 0.5) is 0 Å². The van der Waals surface area contributed by atoms with Crippen LogP contribution in [0.5, 0.6) is 5.75 Å². The predicted octanol–water partition coefficient (Wildman–Crippen LogP) is 3.38. The van der Waals surface area contributed by atoms with Gasteiger partial charge in [-0.2, -0.15) is 0 Å². The summed E-state index contributed by atoms with van der Waals surface area (Å²) in [7, 11) is 1.77. The zero-order valence-corrected chi connectivity index (χ0v) is 12.3. The van der Waals surface area contributed by atoms with Crippen molar-refractivity contribution in [2.24, 2.45) is 0 Å². The van der Waals surface area contributed by atoms with Gasteiger partial charge in [-0.25, -0.2) is 0 Å². The van der Waals surface area contributed by atoms with Gasteiger partial charge in [0.05, 0.1) is 7.11 Å². The lowest BCUT2D eigenvalue weighted by molar-refractivity contribution is 0.394. The molecule has 1 fully saturated rings. The Morgan fingerprint density at radius 1 is 1.28 bits per heavy atom. The Labute approximate surface area is 111 Å². The minimum atomic E-state index is 0.123. The summed E-state index contributed by atoms with van der Waals surface area (Å²) in [5.74, 6) is 1.72. The maximum atomic E-state index is 5.60. The number of methoxy groups -OCH3 is 1. The van der Waals surface area contributed by atoms with E-state index in [0.717, 1.165) is 18.8 Å². The van der Waals surface area contributed by atoms with Crippen LogP contribution in [0.15, 0.2) is 12.1 Å². The van der Waals surface area contributed by atoms with E-state index in [4.69, 9.17) is 4.74 Å². The molecule has 2 rings (SSSR count). The lowest BCUT2D eigenvalue weighted by atomic mass is 9.82. The van der Waals surface area contributed by atoms with E-state index in [1.807, 2.05) is 0 Å². The Balaban J connectivity index is 2.48. The van der Waals surface area contributed by atoms with Crippen LogP contribution >= 0.6 is 0 Å². The lowest BCUT2D eigenvalue weighted by Gasteiger charge is -2.25. The summed E-state index contributed by atoms with van der Waals surface area (Å²) in [5.41, 5.74) is 4.17. The first-order valence-electron chi connectivity index (χ1n) is 6.83. The molecular formula is C16H25NO. The highest BCUT2D eigenvalue weighted by Gasteiger charge is 2.24. The summed E-state index contributed by atoms with van der Waals surface area (Å²) in [6.07, 6.45) is 1.25. The van der Waals surface area contributed by atoms with Crippen LogP contribution in [0.2, 0.25) is 0 Å². The first-order valence-corrected chi connectivity index (χ1v) is 6.83. The summed E-state index contributed by atoms with van der Waals surface area (Å²) in [5, 5.41) is 3.45. The molecule has 18 heavy (non-hydrogen) atoms. The van der Waals surface area contributed by atoms with E-state index in [9.17, 15) is 0 Å². The molecule has 0 amide bonds. The van der Waals surface area contributed by atoms with Crippen molar-refractivity contribution in [1.29, 1.82) is 0 Å². The first-order chi connectivity index (χ1) is 8.43. The fourth-order valence-corrected chi connectivity index (χ4v) is 2.80. The highest BCUT2D eigenvalue weighted by Crippen LogP contribution is 2.37. The van der Waals surface area contributed by atoms with Crippen LogP contribution in [0.25, 0.3) is 0 Å². The van der Waals surface area contributed by atoms with E-state index >= 15 is 0 Å². The van der Waals surface area contributed by atoms with E-state index in [-0.39, 0.29) is 5.41 Å². The average Bonchev–Trinajstić information content (AvgIpc) is 2.80.